The zero-order chi connectivity index (χ0) is 10.8. The third kappa shape index (κ3) is 1.85. The molecule has 0 fully saturated rings. The average molecular weight is 204 g/mol. The standard InChI is InChI=1S/C11H12N2O2/c1-7-13-10(6-15-7)8-2-3-11(14)9(4-8)5-12/h2-4,6,14H,5,12H2,1H3. The Kier molecular flexibility index (Phi) is 2.43. The predicted octanol–water partition coefficient (Wildman–Crippen LogP) is 1.81. The summed E-state index contributed by atoms with van der Waals surface area (Å²) >= 11 is 0. The van der Waals surface area contributed by atoms with Crippen LogP contribution in [0.15, 0.2) is 28.9 Å². The Balaban J connectivity index is 2.45. The summed E-state index contributed by atoms with van der Waals surface area (Å²) in [5.41, 5.74) is 7.85. The van der Waals surface area contributed by atoms with Gasteiger partial charge in [0.2, 0.25) is 0 Å². The molecular weight excluding hydrogens is 192 g/mol. The first-order valence-corrected chi connectivity index (χ1v) is 4.65. The smallest absolute Gasteiger partial charge is 0.191 e. The molecule has 0 spiro atoms. The number of rotatable bonds is 2. The van der Waals surface area contributed by atoms with E-state index in [1.54, 1.807) is 25.3 Å². The lowest BCUT2D eigenvalue weighted by molar-refractivity contribution is 0.468. The molecule has 0 amide bonds. The van der Waals surface area contributed by atoms with E-state index in [2.05, 4.69) is 4.98 Å². The largest absolute Gasteiger partial charge is 0.508 e. The van der Waals surface area contributed by atoms with Crippen LogP contribution in [0.1, 0.15) is 11.5 Å². The fraction of sp³-hybridized carbons (Fsp3) is 0.182. The molecule has 1 aromatic heterocycles. The molecule has 0 bridgehead atoms. The summed E-state index contributed by atoms with van der Waals surface area (Å²) in [5.74, 6) is 0.828. The number of aromatic nitrogens is 1. The molecule has 0 saturated carbocycles. The quantitative estimate of drug-likeness (QED) is 0.782. The van der Waals surface area contributed by atoms with E-state index in [0.29, 0.717) is 18.0 Å². The molecule has 0 aliphatic carbocycles. The predicted molar refractivity (Wildman–Crippen MR) is 56.2 cm³/mol. The molecule has 0 radical (unpaired) electrons. The van der Waals surface area contributed by atoms with Gasteiger partial charge in [-0.15, -0.1) is 0 Å². The molecule has 4 nitrogen and oxygen atoms in total. The molecule has 0 saturated heterocycles. The zero-order valence-corrected chi connectivity index (χ0v) is 8.40. The Morgan fingerprint density at radius 1 is 1.47 bits per heavy atom. The van der Waals surface area contributed by atoms with Gasteiger partial charge in [-0.05, 0) is 18.2 Å². The number of aryl methyl sites for hydroxylation is 1. The molecule has 0 aliphatic rings. The first-order valence-electron chi connectivity index (χ1n) is 4.65. The van der Waals surface area contributed by atoms with Crippen LogP contribution in [-0.4, -0.2) is 10.1 Å². The zero-order valence-electron chi connectivity index (χ0n) is 8.40. The van der Waals surface area contributed by atoms with E-state index >= 15 is 0 Å². The highest BCUT2D eigenvalue weighted by Gasteiger charge is 2.06. The van der Waals surface area contributed by atoms with Crippen molar-refractivity contribution in [2.24, 2.45) is 5.73 Å². The summed E-state index contributed by atoms with van der Waals surface area (Å²) in [4.78, 5) is 4.20. The highest BCUT2D eigenvalue weighted by Crippen LogP contribution is 2.24. The van der Waals surface area contributed by atoms with Crippen molar-refractivity contribution in [3.8, 4) is 17.0 Å². The summed E-state index contributed by atoms with van der Waals surface area (Å²) in [6.07, 6.45) is 1.59. The van der Waals surface area contributed by atoms with Gasteiger partial charge in [-0.2, -0.15) is 0 Å². The normalized spacial score (nSPS) is 10.5. The Labute approximate surface area is 87.4 Å². The molecule has 15 heavy (non-hydrogen) atoms. The first-order chi connectivity index (χ1) is 7.20. The Morgan fingerprint density at radius 3 is 2.87 bits per heavy atom. The average Bonchev–Trinajstić information content (AvgIpc) is 2.66. The molecule has 1 aromatic carbocycles. The van der Waals surface area contributed by atoms with Crippen LogP contribution in [0.2, 0.25) is 0 Å². The van der Waals surface area contributed by atoms with Crippen LogP contribution in [0.25, 0.3) is 11.3 Å². The van der Waals surface area contributed by atoms with Crippen molar-refractivity contribution in [2.75, 3.05) is 0 Å². The molecule has 2 rings (SSSR count). The van der Waals surface area contributed by atoms with Gasteiger partial charge >= 0.3 is 0 Å². The minimum atomic E-state index is 0.210. The van der Waals surface area contributed by atoms with Crippen LogP contribution in [0.3, 0.4) is 0 Å². The van der Waals surface area contributed by atoms with Gasteiger partial charge < -0.3 is 15.3 Å². The van der Waals surface area contributed by atoms with Gasteiger partial charge in [0.1, 0.15) is 17.7 Å². The topological polar surface area (TPSA) is 72.3 Å². The molecule has 0 atom stereocenters. The lowest BCUT2D eigenvalue weighted by Crippen LogP contribution is -1.96. The second kappa shape index (κ2) is 3.74. The third-order valence-electron chi connectivity index (χ3n) is 2.21. The van der Waals surface area contributed by atoms with Crippen LogP contribution in [0, 0.1) is 6.92 Å². The number of hydrogen-bond acceptors (Lipinski definition) is 4. The third-order valence-corrected chi connectivity index (χ3v) is 2.21. The van der Waals surface area contributed by atoms with Crippen molar-refractivity contribution in [1.82, 2.24) is 4.98 Å². The molecule has 1 heterocycles. The maximum Gasteiger partial charge on any atom is 0.191 e. The molecule has 78 valence electrons. The van der Waals surface area contributed by atoms with Crippen molar-refractivity contribution in [3.63, 3.8) is 0 Å². The monoisotopic (exact) mass is 204 g/mol. The molecule has 0 unspecified atom stereocenters. The summed E-state index contributed by atoms with van der Waals surface area (Å²) in [6, 6.07) is 5.21. The van der Waals surface area contributed by atoms with E-state index in [0.717, 1.165) is 11.3 Å². The number of phenolic OH excluding ortho intramolecular Hbond substituents is 1. The molecule has 4 heteroatoms. The van der Waals surface area contributed by atoms with Crippen molar-refractivity contribution in [3.05, 3.63) is 35.9 Å². The number of oxazole rings is 1. The summed E-state index contributed by atoms with van der Waals surface area (Å²) in [5, 5.41) is 9.46. The number of aromatic hydroxyl groups is 1. The molecule has 2 aromatic rings. The number of phenols is 1. The van der Waals surface area contributed by atoms with Crippen LogP contribution in [0.5, 0.6) is 5.75 Å². The second-order valence-electron chi connectivity index (χ2n) is 3.30. The van der Waals surface area contributed by atoms with E-state index in [1.165, 1.54) is 0 Å². The van der Waals surface area contributed by atoms with Gasteiger partial charge in [0.15, 0.2) is 5.89 Å². The second-order valence-corrected chi connectivity index (χ2v) is 3.30. The van der Waals surface area contributed by atoms with Gasteiger partial charge in [0.25, 0.3) is 0 Å². The summed E-state index contributed by atoms with van der Waals surface area (Å²) in [7, 11) is 0. The van der Waals surface area contributed by atoms with E-state index in [4.69, 9.17) is 10.2 Å². The van der Waals surface area contributed by atoms with Gasteiger partial charge in [-0.25, -0.2) is 4.98 Å². The van der Waals surface area contributed by atoms with Crippen LogP contribution in [-0.2, 0) is 6.54 Å². The van der Waals surface area contributed by atoms with E-state index in [9.17, 15) is 5.11 Å². The summed E-state index contributed by atoms with van der Waals surface area (Å²) in [6.45, 7) is 2.09. The van der Waals surface area contributed by atoms with E-state index in [-0.39, 0.29) is 5.75 Å². The Morgan fingerprint density at radius 2 is 2.27 bits per heavy atom. The SMILES string of the molecule is Cc1nc(-c2ccc(O)c(CN)c2)co1. The lowest BCUT2D eigenvalue weighted by atomic mass is 10.1. The van der Waals surface area contributed by atoms with Crippen LogP contribution in [0.4, 0.5) is 0 Å². The van der Waals surface area contributed by atoms with Gasteiger partial charge in [0.05, 0.1) is 0 Å². The highest BCUT2D eigenvalue weighted by atomic mass is 16.3. The number of benzene rings is 1. The number of hydrogen-bond donors (Lipinski definition) is 2. The molecular formula is C11H12N2O2. The molecule has 3 N–H and O–H groups in total. The maximum atomic E-state index is 9.46. The van der Waals surface area contributed by atoms with Gasteiger partial charge in [0, 0.05) is 24.6 Å². The highest BCUT2D eigenvalue weighted by molar-refractivity contribution is 5.61. The molecule has 0 aliphatic heterocycles. The minimum Gasteiger partial charge on any atom is -0.508 e. The van der Waals surface area contributed by atoms with Crippen LogP contribution < -0.4 is 5.73 Å². The van der Waals surface area contributed by atoms with E-state index in [1.807, 2.05) is 6.07 Å². The first kappa shape index (κ1) is 9.73. The van der Waals surface area contributed by atoms with Crippen molar-refractivity contribution in [2.45, 2.75) is 13.5 Å². The lowest BCUT2D eigenvalue weighted by Gasteiger charge is -2.03. The van der Waals surface area contributed by atoms with Crippen molar-refractivity contribution >= 4 is 0 Å². The van der Waals surface area contributed by atoms with E-state index < -0.39 is 0 Å². The Hall–Kier alpha value is -1.81. The number of nitrogens with zero attached hydrogens (tertiary/aromatic N) is 1. The Bertz CT molecular complexity index is 477. The fourth-order valence-electron chi connectivity index (χ4n) is 1.40. The fourth-order valence-corrected chi connectivity index (χ4v) is 1.40. The maximum absolute atomic E-state index is 9.46. The van der Waals surface area contributed by atoms with Gasteiger partial charge in [-0.3, -0.25) is 0 Å². The summed E-state index contributed by atoms with van der Waals surface area (Å²) < 4.78 is 5.12. The van der Waals surface area contributed by atoms with Crippen LogP contribution >= 0.6 is 0 Å². The van der Waals surface area contributed by atoms with Gasteiger partial charge in [-0.1, -0.05) is 0 Å². The van der Waals surface area contributed by atoms with Crippen molar-refractivity contribution in [1.29, 1.82) is 0 Å². The van der Waals surface area contributed by atoms with Crippen molar-refractivity contribution < 1.29 is 9.52 Å². The number of nitrogens with two attached hydrogens (primary N) is 1. The minimum absolute atomic E-state index is 0.210.